The van der Waals surface area contributed by atoms with Crippen LogP contribution in [0.25, 0.3) is 0 Å². The van der Waals surface area contributed by atoms with Crippen LogP contribution in [0.4, 0.5) is 0 Å². The van der Waals surface area contributed by atoms with E-state index in [0.29, 0.717) is 13.2 Å². The highest BCUT2D eigenvalue weighted by Gasteiger charge is 2.42. The molecule has 160 valence electrons. The fraction of sp³-hybridized carbons (Fsp3) is 0.320. The van der Waals surface area contributed by atoms with Crippen molar-refractivity contribution < 1.29 is 18.6 Å². The van der Waals surface area contributed by atoms with Crippen LogP contribution in [-0.4, -0.2) is 23.9 Å². The highest BCUT2D eigenvalue weighted by atomic mass is 16.5. The molecule has 3 heterocycles. The lowest BCUT2D eigenvalue weighted by atomic mass is 9.97. The smallest absolute Gasteiger partial charge is 0.214 e. The molecule has 2 atom stereocenters. The van der Waals surface area contributed by atoms with Gasteiger partial charge in [0.1, 0.15) is 23.0 Å². The first-order valence-electron chi connectivity index (χ1n) is 10.8. The molecule has 0 unspecified atom stereocenters. The van der Waals surface area contributed by atoms with Gasteiger partial charge in [-0.25, -0.2) is 5.01 Å². The zero-order chi connectivity index (χ0) is 21.4. The molecule has 0 N–H and O–H groups in total. The summed E-state index contributed by atoms with van der Waals surface area (Å²) in [6, 6.07) is 18.1. The summed E-state index contributed by atoms with van der Waals surface area (Å²) in [5.41, 5.74) is 3.01. The van der Waals surface area contributed by atoms with E-state index in [1.165, 1.54) is 0 Å². The van der Waals surface area contributed by atoms with Crippen LogP contribution in [0.15, 0.2) is 64.1 Å². The minimum absolute atomic E-state index is 0.0427. The van der Waals surface area contributed by atoms with Gasteiger partial charge in [-0.3, -0.25) is 0 Å². The summed E-state index contributed by atoms with van der Waals surface area (Å²) >= 11 is 0. The normalized spacial score (nSPS) is 19.3. The number of benzene rings is 2. The van der Waals surface area contributed by atoms with Gasteiger partial charge >= 0.3 is 0 Å². The van der Waals surface area contributed by atoms with E-state index in [2.05, 4.69) is 6.07 Å². The summed E-state index contributed by atoms with van der Waals surface area (Å²) in [6.45, 7) is 7.12. The third-order valence-corrected chi connectivity index (χ3v) is 5.58. The number of aryl methyl sites for hydroxylation is 1. The Morgan fingerprint density at radius 2 is 1.81 bits per heavy atom. The summed E-state index contributed by atoms with van der Waals surface area (Å²) in [6.07, 6.45) is 0.371. The van der Waals surface area contributed by atoms with Gasteiger partial charge in [-0.1, -0.05) is 12.1 Å². The molecule has 2 aliphatic rings. The maximum Gasteiger partial charge on any atom is 0.214 e. The molecular formula is C25H26N2O4. The lowest BCUT2D eigenvalue weighted by molar-refractivity contribution is -0.0212. The van der Waals surface area contributed by atoms with Crippen molar-refractivity contribution in [1.29, 1.82) is 0 Å². The first-order valence-corrected chi connectivity index (χ1v) is 10.8. The summed E-state index contributed by atoms with van der Waals surface area (Å²) in [5, 5.41) is 6.99. The van der Waals surface area contributed by atoms with Crippen LogP contribution in [0, 0.1) is 6.92 Å². The van der Waals surface area contributed by atoms with Gasteiger partial charge < -0.3 is 18.6 Å². The van der Waals surface area contributed by atoms with Gasteiger partial charge in [0.25, 0.3) is 0 Å². The van der Waals surface area contributed by atoms with Crippen LogP contribution >= 0.6 is 0 Å². The predicted octanol–water partition coefficient (Wildman–Crippen LogP) is 5.63. The fourth-order valence-corrected chi connectivity index (χ4v) is 4.21. The van der Waals surface area contributed by atoms with E-state index < -0.39 is 0 Å². The molecule has 2 aliphatic heterocycles. The quantitative estimate of drug-likeness (QED) is 0.519. The lowest BCUT2D eigenvalue weighted by Crippen LogP contribution is -2.33. The number of hydrogen-bond donors (Lipinski definition) is 0. The number of fused-ring (bicyclic) bond motifs is 3. The molecule has 3 aromatic rings. The summed E-state index contributed by atoms with van der Waals surface area (Å²) in [5.74, 6) is 4.07. The van der Waals surface area contributed by atoms with Crippen LogP contribution in [0.3, 0.4) is 0 Å². The largest absolute Gasteiger partial charge is 0.494 e. The zero-order valence-corrected chi connectivity index (χ0v) is 18.0. The molecule has 0 bridgehead atoms. The molecule has 0 saturated heterocycles. The Balaban J connectivity index is 1.57. The van der Waals surface area contributed by atoms with E-state index in [4.69, 9.17) is 23.7 Å². The molecule has 5 rings (SSSR count). The first kappa shape index (κ1) is 19.5. The number of furan rings is 1. The lowest BCUT2D eigenvalue weighted by Gasteiger charge is -2.38. The molecule has 6 nitrogen and oxygen atoms in total. The first-order chi connectivity index (χ1) is 15.2. The van der Waals surface area contributed by atoms with E-state index in [-0.39, 0.29) is 12.3 Å². The van der Waals surface area contributed by atoms with E-state index in [1.54, 1.807) is 0 Å². The van der Waals surface area contributed by atoms with Crippen molar-refractivity contribution in [2.45, 2.75) is 39.5 Å². The van der Waals surface area contributed by atoms with Gasteiger partial charge in [0.05, 0.1) is 19.3 Å². The summed E-state index contributed by atoms with van der Waals surface area (Å²) in [4.78, 5) is 0. The molecule has 6 heteroatoms. The Labute approximate surface area is 182 Å². The monoisotopic (exact) mass is 418 g/mol. The number of rotatable bonds is 6. The Bertz CT molecular complexity index is 1100. The molecule has 0 radical (unpaired) electrons. The van der Waals surface area contributed by atoms with Gasteiger partial charge in [-0.05, 0) is 63.2 Å². The second kappa shape index (κ2) is 8.02. The van der Waals surface area contributed by atoms with Crippen LogP contribution in [0.1, 0.15) is 55.2 Å². The third-order valence-electron chi connectivity index (χ3n) is 5.58. The van der Waals surface area contributed by atoms with Crippen molar-refractivity contribution in [3.63, 3.8) is 0 Å². The average Bonchev–Trinajstić information content (AvgIpc) is 3.41. The minimum Gasteiger partial charge on any atom is -0.494 e. The van der Waals surface area contributed by atoms with Crippen molar-refractivity contribution in [2.24, 2.45) is 5.10 Å². The summed E-state index contributed by atoms with van der Waals surface area (Å²) in [7, 11) is 0. The number of hydrazone groups is 1. The number of hydrogen-bond acceptors (Lipinski definition) is 6. The summed E-state index contributed by atoms with van der Waals surface area (Å²) < 4.78 is 23.9. The number of ether oxygens (including phenoxy) is 3. The Morgan fingerprint density at radius 1 is 1.00 bits per heavy atom. The molecule has 31 heavy (non-hydrogen) atoms. The topological polar surface area (TPSA) is 56.4 Å². The van der Waals surface area contributed by atoms with Gasteiger partial charge in [-0.2, -0.15) is 5.10 Å². The van der Waals surface area contributed by atoms with Crippen LogP contribution in [-0.2, 0) is 0 Å². The standard InChI is InChI=1S/C25H26N2O4/c1-4-28-18-12-10-17(11-13-18)25-27-21(15-20(26-27)22-14-9-16(3)30-22)19-7-6-8-23(29-5-2)24(19)31-25/h6-14,21,25H,4-5,15H2,1-3H3/t21-,25+/m0/s1. The van der Waals surface area contributed by atoms with Gasteiger partial charge in [0.15, 0.2) is 11.5 Å². The van der Waals surface area contributed by atoms with Crippen molar-refractivity contribution in [2.75, 3.05) is 13.2 Å². The van der Waals surface area contributed by atoms with Crippen LogP contribution < -0.4 is 14.2 Å². The molecule has 0 amide bonds. The maximum absolute atomic E-state index is 6.53. The Kier molecular flexibility index (Phi) is 5.06. The van der Waals surface area contributed by atoms with Crippen molar-refractivity contribution in [3.8, 4) is 17.2 Å². The van der Waals surface area contributed by atoms with Gasteiger partial charge in [0.2, 0.25) is 6.23 Å². The second-order valence-electron chi connectivity index (χ2n) is 7.64. The third kappa shape index (κ3) is 3.52. The Hall–Kier alpha value is -3.41. The fourth-order valence-electron chi connectivity index (χ4n) is 4.21. The van der Waals surface area contributed by atoms with E-state index in [0.717, 1.165) is 52.0 Å². The zero-order valence-electron chi connectivity index (χ0n) is 18.0. The van der Waals surface area contributed by atoms with E-state index >= 15 is 0 Å². The predicted molar refractivity (Wildman–Crippen MR) is 118 cm³/mol. The van der Waals surface area contributed by atoms with E-state index in [1.807, 2.05) is 74.3 Å². The van der Waals surface area contributed by atoms with Crippen LogP contribution in [0.2, 0.25) is 0 Å². The molecule has 2 aromatic carbocycles. The SMILES string of the molecule is CCOc1ccc([C@H]2Oc3c(OCC)cccc3[C@@H]3CC(c4ccc(C)o4)=NN23)cc1. The molecule has 0 fully saturated rings. The van der Waals surface area contributed by atoms with Gasteiger partial charge in [-0.15, -0.1) is 0 Å². The molecule has 1 aromatic heterocycles. The molecule has 0 aliphatic carbocycles. The Morgan fingerprint density at radius 3 is 2.52 bits per heavy atom. The van der Waals surface area contributed by atoms with Crippen molar-refractivity contribution in [3.05, 3.63) is 77.2 Å². The van der Waals surface area contributed by atoms with Crippen molar-refractivity contribution >= 4 is 5.71 Å². The van der Waals surface area contributed by atoms with Crippen molar-refractivity contribution in [1.82, 2.24) is 5.01 Å². The molecular weight excluding hydrogens is 392 g/mol. The van der Waals surface area contributed by atoms with Crippen LogP contribution in [0.5, 0.6) is 17.2 Å². The maximum atomic E-state index is 6.53. The minimum atomic E-state index is -0.372. The molecule has 0 saturated carbocycles. The average molecular weight is 418 g/mol. The second-order valence-corrected chi connectivity index (χ2v) is 7.64. The highest BCUT2D eigenvalue weighted by molar-refractivity contribution is 5.99. The van der Waals surface area contributed by atoms with Gasteiger partial charge in [0, 0.05) is 17.5 Å². The van der Waals surface area contributed by atoms with E-state index in [9.17, 15) is 0 Å². The highest BCUT2D eigenvalue weighted by Crippen LogP contribution is 2.50. The number of para-hydroxylation sites is 1. The number of nitrogens with zero attached hydrogens (tertiary/aromatic N) is 2. The molecule has 0 spiro atoms.